The Labute approximate surface area is 111 Å². The standard InChI is InChI=1S/C14H17FN2S/c1-8(2)12(16)14-17-13(9(3)18-14)10-4-6-11(15)7-5-10/h4-8,12H,16H2,1-3H3. The zero-order chi connectivity index (χ0) is 13.3. The molecule has 96 valence electrons. The quantitative estimate of drug-likeness (QED) is 0.912. The van der Waals surface area contributed by atoms with Gasteiger partial charge in [0.1, 0.15) is 10.8 Å². The second kappa shape index (κ2) is 5.16. The van der Waals surface area contributed by atoms with Crippen LogP contribution in [0.25, 0.3) is 11.3 Å². The molecule has 1 atom stereocenters. The minimum Gasteiger partial charge on any atom is -0.322 e. The molecule has 0 aliphatic rings. The van der Waals surface area contributed by atoms with Gasteiger partial charge in [-0.15, -0.1) is 11.3 Å². The summed E-state index contributed by atoms with van der Waals surface area (Å²) in [5.74, 6) is 0.127. The summed E-state index contributed by atoms with van der Waals surface area (Å²) in [7, 11) is 0. The summed E-state index contributed by atoms with van der Waals surface area (Å²) in [5.41, 5.74) is 7.96. The molecule has 0 aliphatic carbocycles. The predicted molar refractivity (Wildman–Crippen MR) is 74.0 cm³/mol. The van der Waals surface area contributed by atoms with Crippen molar-refractivity contribution in [1.82, 2.24) is 4.98 Å². The van der Waals surface area contributed by atoms with E-state index >= 15 is 0 Å². The van der Waals surface area contributed by atoms with Gasteiger partial charge in [0.25, 0.3) is 0 Å². The molecule has 2 rings (SSSR count). The van der Waals surface area contributed by atoms with Crippen LogP contribution >= 0.6 is 11.3 Å². The Balaban J connectivity index is 2.38. The minimum atomic E-state index is -0.231. The minimum absolute atomic E-state index is 0.0390. The van der Waals surface area contributed by atoms with E-state index in [-0.39, 0.29) is 11.9 Å². The maximum Gasteiger partial charge on any atom is 0.123 e. The van der Waals surface area contributed by atoms with Crippen LogP contribution in [0.15, 0.2) is 24.3 Å². The summed E-state index contributed by atoms with van der Waals surface area (Å²) in [6.45, 7) is 6.19. The highest BCUT2D eigenvalue weighted by atomic mass is 32.1. The summed E-state index contributed by atoms with van der Waals surface area (Å²) >= 11 is 1.62. The lowest BCUT2D eigenvalue weighted by atomic mass is 10.1. The van der Waals surface area contributed by atoms with Gasteiger partial charge in [0.15, 0.2) is 0 Å². The fraction of sp³-hybridized carbons (Fsp3) is 0.357. The Hall–Kier alpha value is -1.26. The van der Waals surface area contributed by atoms with Gasteiger partial charge in [-0.05, 0) is 37.1 Å². The Bertz CT molecular complexity index is 531. The van der Waals surface area contributed by atoms with Gasteiger partial charge in [0.05, 0.1) is 11.7 Å². The van der Waals surface area contributed by atoms with Crippen molar-refractivity contribution in [3.8, 4) is 11.3 Å². The zero-order valence-corrected chi connectivity index (χ0v) is 11.6. The molecule has 1 aromatic carbocycles. The summed E-state index contributed by atoms with van der Waals surface area (Å²) in [5, 5.41) is 0.946. The molecule has 0 saturated carbocycles. The number of hydrogen-bond acceptors (Lipinski definition) is 3. The molecule has 0 aliphatic heterocycles. The first kappa shape index (κ1) is 13.2. The number of nitrogens with zero attached hydrogens (tertiary/aromatic N) is 1. The van der Waals surface area contributed by atoms with E-state index in [9.17, 15) is 4.39 Å². The van der Waals surface area contributed by atoms with E-state index in [0.29, 0.717) is 5.92 Å². The molecular weight excluding hydrogens is 247 g/mol. The molecule has 1 heterocycles. The van der Waals surface area contributed by atoms with Gasteiger partial charge in [0.2, 0.25) is 0 Å². The number of halogens is 1. The largest absolute Gasteiger partial charge is 0.322 e. The fourth-order valence-corrected chi connectivity index (χ4v) is 2.84. The number of hydrogen-bond donors (Lipinski definition) is 1. The highest BCUT2D eigenvalue weighted by Crippen LogP contribution is 2.31. The SMILES string of the molecule is Cc1sc(C(N)C(C)C)nc1-c1ccc(F)cc1. The van der Waals surface area contributed by atoms with E-state index in [2.05, 4.69) is 18.8 Å². The Morgan fingerprint density at radius 2 is 1.83 bits per heavy atom. The van der Waals surface area contributed by atoms with Gasteiger partial charge in [-0.3, -0.25) is 0 Å². The second-order valence-corrected chi connectivity index (χ2v) is 5.97. The van der Waals surface area contributed by atoms with E-state index in [4.69, 9.17) is 5.73 Å². The molecule has 0 bridgehead atoms. The summed E-state index contributed by atoms with van der Waals surface area (Å²) < 4.78 is 12.9. The lowest BCUT2D eigenvalue weighted by Crippen LogP contribution is -2.16. The first-order chi connectivity index (χ1) is 8.49. The third kappa shape index (κ3) is 2.60. The third-order valence-corrected chi connectivity index (χ3v) is 4.01. The van der Waals surface area contributed by atoms with Gasteiger partial charge >= 0.3 is 0 Å². The monoisotopic (exact) mass is 264 g/mol. The lowest BCUT2D eigenvalue weighted by Gasteiger charge is -2.11. The Morgan fingerprint density at radius 3 is 2.39 bits per heavy atom. The van der Waals surface area contributed by atoms with Gasteiger partial charge < -0.3 is 5.73 Å². The van der Waals surface area contributed by atoms with Crippen LogP contribution in [0.2, 0.25) is 0 Å². The van der Waals surface area contributed by atoms with Crippen molar-refractivity contribution in [2.75, 3.05) is 0 Å². The Kier molecular flexibility index (Phi) is 3.78. The molecule has 1 aromatic heterocycles. The number of aromatic nitrogens is 1. The van der Waals surface area contributed by atoms with Crippen LogP contribution in [0, 0.1) is 18.7 Å². The molecule has 2 nitrogen and oxygen atoms in total. The number of benzene rings is 1. The first-order valence-corrected chi connectivity index (χ1v) is 6.79. The second-order valence-electron chi connectivity index (χ2n) is 4.73. The van der Waals surface area contributed by atoms with E-state index in [1.165, 1.54) is 12.1 Å². The van der Waals surface area contributed by atoms with Gasteiger partial charge in [-0.1, -0.05) is 13.8 Å². The predicted octanol–water partition coefficient (Wildman–Crippen LogP) is 3.91. The van der Waals surface area contributed by atoms with Crippen molar-refractivity contribution in [2.24, 2.45) is 11.7 Å². The summed E-state index contributed by atoms with van der Waals surface area (Å²) in [6.07, 6.45) is 0. The van der Waals surface area contributed by atoms with E-state index in [0.717, 1.165) is 21.1 Å². The molecular formula is C14H17FN2S. The van der Waals surface area contributed by atoms with Gasteiger partial charge in [-0.25, -0.2) is 9.37 Å². The molecule has 0 amide bonds. The molecule has 0 radical (unpaired) electrons. The maximum atomic E-state index is 12.9. The van der Waals surface area contributed by atoms with Crippen LogP contribution < -0.4 is 5.73 Å². The average molecular weight is 264 g/mol. The molecule has 18 heavy (non-hydrogen) atoms. The van der Waals surface area contributed by atoms with Crippen molar-refractivity contribution >= 4 is 11.3 Å². The fourth-order valence-electron chi connectivity index (χ4n) is 1.72. The number of thiazole rings is 1. The lowest BCUT2D eigenvalue weighted by molar-refractivity contribution is 0.512. The zero-order valence-electron chi connectivity index (χ0n) is 10.8. The summed E-state index contributed by atoms with van der Waals surface area (Å²) in [6, 6.07) is 6.37. The molecule has 0 spiro atoms. The number of rotatable bonds is 3. The van der Waals surface area contributed by atoms with Crippen molar-refractivity contribution in [1.29, 1.82) is 0 Å². The topological polar surface area (TPSA) is 38.9 Å². The smallest absolute Gasteiger partial charge is 0.123 e. The van der Waals surface area contributed by atoms with Crippen molar-refractivity contribution in [3.63, 3.8) is 0 Å². The van der Waals surface area contributed by atoms with E-state index in [1.807, 2.05) is 6.92 Å². The number of aryl methyl sites for hydroxylation is 1. The van der Waals surface area contributed by atoms with Gasteiger partial charge in [0, 0.05) is 10.4 Å². The molecule has 2 N–H and O–H groups in total. The number of nitrogens with two attached hydrogens (primary N) is 1. The van der Waals surface area contributed by atoms with E-state index < -0.39 is 0 Å². The summed E-state index contributed by atoms with van der Waals surface area (Å²) in [4.78, 5) is 5.72. The molecule has 0 fully saturated rings. The maximum absolute atomic E-state index is 12.9. The van der Waals surface area contributed by atoms with Crippen LogP contribution in [0.1, 0.15) is 29.8 Å². The highest BCUT2D eigenvalue weighted by Gasteiger charge is 2.17. The molecule has 1 unspecified atom stereocenters. The Morgan fingerprint density at radius 1 is 1.22 bits per heavy atom. The van der Waals surface area contributed by atoms with Crippen LogP contribution in [-0.4, -0.2) is 4.98 Å². The molecule has 4 heteroatoms. The van der Waals surface area contributed by atoms with Crippen LogP contribution in [0.4, 0.5) is 4.39 Å². The van der Waals surface area contributed by atoms with Gasteiger partial charge in [-0.2, -0.15) is 0 Å². The average Bonchev–Trinajstić information content (AvgIpc) is 2.71. The van der Waals surface area contributed by atoms with Crippen molar-refractivity contribution < 1.29 is 4.39 Å². The first-order valence-electron chi connectivity index (χ1n) is 5.98. The van der Waals surface area contributed by atoms with E-state index in [1.54, 1.807) is 23.5 Å². The van der Waals surface area contributed by atoms with Crippen LogP contribution in [0.5, 0.6) is 0 Å². The molecule has 0 saturated heterocycles. The van der Waals surface area contributed by atoms with Crippen LogP contribution in [0.3, 0.4) is 0 Å². The third-order valence-electron chi connectivity index (χ3n) is 2.93. The van der Waals surface area contributed by atoms with Crippen LogP contribution in [-0.2, 0) is 0 Å². The van der Waals surface area contributed by atoms with Crippen molar-refractivity contribution in [2.45, 2.75) is 26.8 Å². The normalized spacial score (nSPS) is 13.0. The molecule has 2 aromatic rings. The highest BCUT2D eigenvalue weighted by molar-refractivity contribution is 7.12. The van der Waals surface area contributed by atoms with Crippen molar-refractivity contribution in [3.05, 3.63) is 40.0 Å².